The van der Waals surface area contributed by atoms with Gasteiger partial charge in [-0.2, -0.15) is 13.2 Å². The molecule has 0 amide bonds. The van der Waals surface area contributed by atoms with E-state index in [1.807, 2.05) is 4.90 Å². The first-order valence-corrected chi connectivity index (χ1v) is 7.37. The number of aliphatic carboxylic acids is 1. The lowest BCUT2D eigenvalue weighted by Gasteiger charge is -2.30. The number of hydrogen-bond acceptors (Lipinski definition) is 2. The van der Waals surface area contributed by atoms with Crippen LogP contribution in [0.2, 0.25) is 0 Å². The molecule has 21 heavy (non-hydrogen) atoms. The monoisotopic (exact) mass is 365 g/mol. The van der Waals surface area contributed by atoms with Crippen molar-refractivity contribution in [1.29, 1.82) is 0 Å². The fourth-order valence-electron chi connectivity index (χ4n) is 2.45. The van der Waals surface area contributed by atoms with Gasteiger partial charge >= 0.3 is 12.1 Å². The van der Waals surface area contributed by atoms with Gasteiger partial charge in [0.1, 0.15) is 0 Å². The first-order valence-electron chi connectivity index (χ1n) is 6.58. The molecule has 3 nitrogen and oxygen atoms in total. The van der Waals surface area contributed by atoms with Crippen molar-refractivity contribution in [2.75, 3.05) is 13.1 Å². The predicted octanol–water partition coefficient (Wildman–Crippen LogP) is 3.76. The van der Waals surface area contributed by atoms with Gasteiger partial charge in [0.2, 0.25) is 0 Å². The molecule has 116 valence electrons. The number of carboxylic acids is 1. The van der Waals surface area contributed by atoms with Crippen LogP contribution in [0.1, 0.15) is 24.0 Å². The predicted molar refractivity (Wildman–Crippen MR) is 74.8 cm³/mol. The van der Waals surface area contributed by atoms with E-state index in [0.717, 1.165) is 12.1 Å². The van der Waals surface area contributed by atoms with Crippen LogP contribution in [0.25, 0.3) is 0 Å². The number of alkyl halides is 3. The van der Waals surface area contributed by atoms with Crippen LogP contribution in [0.4, 0.5) is 13.2 Å². The molecular weight excluding hydrogens is 351 g/mol. The van der Waals surface area contributed by atoms with Gasteiger partial charge in [-0.15, -0.1) is 0 Å². The molecule has 0 aliphatic carbocycles. The molecule has 2 rings (SSSR count). The van der Waals surface area contributed by atoms with Crippen molar-refractivity contribution < 1.29 is 23.1 Å². The molecule has 1 fully saturated rings. The molecule has 1 aliphatic rings. The standard InChI is InChI=1S/C14H15BrF3NO2/c15-12-2-1-11(14(16,17)18)7-10(12)8-19-5-3-9(4-6-19)13(20)21/h1-2,7,9H,3-6,8H2,(H,20,21). The van der Waals surface area contributed by atoms with Crippen LogP contribution in [0.15, 0.2) is 22.7 Å². The number of piperidine rings is 1. The zero-order valence-electron chi connectivity index (χ0n) is 11.2. The van der Waals surface area contributed by atoms with Crippen molar-refractivity contribution in [3.63, 3.8) is 0 Å². The average Bonchev–Trinajstić information content (AvgIpc) is 2.40. The average molecular weight is 366 g/mol. The minimum absolute atomic E-state index is 0.341. The second-order valence-electron chi connectivity index (χ2n) is 5.19. The number of likely N-dealkylation sites (tertiary alicyclic amines) is 1. The molecule has 7 heteroatoms. The quantitative estimate of drug-likeness (QED) is 0.886. The highest BCUT2D eigenvalue weighted by Gasteiger charge is 2.31. The number of nitrogens with zero attached hydrogens (tertiary/aromatic N) is 1. The van der Waals surface area contributed by atoms with E-state index in [0.29, 0.717) is 42.5 Å². The molecule has 0 aromatic heterocycles. The maximum Gasteiger partial charge on any atom is 0.416 e. The number of carboxylic acid groups (broad SMARTS) is 1. The molecule has 1 aromatic rings. The smallest absolute Gasteiger partial charge is 0.416 e. The summed E-state index contributed by atoms with van der Waals surface area (Å²) in [4.78, 5) is 12.9. The summed E-state index contributed by atoms with van der Waals surface area (Å²) in [7, 11) is 0. The van der Waals surface area contributed by atoms with Gasteiger partial charge in [0.15, 0.2) is 0 Å². The third kappa shape index (κ3) is 4.20. The van der Waals surface area contributed by atoms with E-state index in [1.54, 1.807) is 0 Å². The van der Waals surface area contributed by atoms with Crippen LogP contribution in [-0.4, -0.2) is 29.1 Å². The maximum atomic E-state index is 12.7. The van der Waals surface area contributed by atoms with Gasteiger partial charge in [0.25, 0.3) is 0 Å². The lowest BCUT2D eigenvalue weighted by atomic mass is 9.96. The summed E-state index contributed by atoms with van der Waals surface area (Å²) in [6.45, 7) is 1.55. The molecule has 1 N–H and O–H groups in total. The van der Waals surface area contributed by atoms with Crippen molar-refractivity contribution in [3.05, 3.63) is 33.8 Å². The van der Waals surface area contributed by atoms with E-state index in [9.17, 15) is 18.0 Å². The lowest BCUT2D eigenvalue weighted by molar-refractivity contribution is -0.143. The summed E-state index contributed by atoms with van der Waals surface area (Å²) in [6.07, 6.45) is -3.29. The normalized spacial score (nSPS) is 17.9. The molecule has 1 saturated heterocycles. The summed E-state index contributed by atoms with van der Waals surface area (Å²) in [5, 5.41) is 8.93. The third-order valence-corrected chi connectivity index (χ3v) is 4.48. The highest BCUT2D eigenvalue weighted by atomic mass is 79.9. The second kappa shape index (κ2) is 6.36. The van der Waals surface area contributed by atoms with Gasteiger partial charge in [-0.05, 0) is 49.7 Å². The largest absolute Gasteiger partial charge is 0.481 e. The minimum atomic E-state index is -4.36. The molecule has 1 aliphatic heterocycles. The summed E-state index contributed by atoms with van der Waals surface area (Å²) in [5.41, 5.74) is -0.0975. The Morgan fingerprint density at radius 2 is 1.95 bits per heavy atom. The summed E-state index contributed by atoms with van der Waals surface area (Å²) in [6, 6.07) is 3.60. The van der Waals surface area contributed by atoms with E-state index in [2.05, 4.69) is 15.9 Å². The van der Waals surface area contributed by atoms with Gasteiger partial charge < -0.3 is 5.11 Å². The Labute approximate surface area is 128 Å². The summed E-state index contributed by atoms with van der Waals surface area (Å²) < 4.78 is 38.8. The molecule has 0 bridgehead atoms. The number of carbonyl (C=O) groups is 1. The molecule has 0 atom stereocenters. The molecule has 0 saturated carbocycles. The first kappa shape index (κ1) is 16.3. The Kier molecular flexibility index (Phi) is 4.93. The SMILES string of the molecule is O=C(O)C1CCN(Cc2cc(C(F)(F)F)ccc2Br)CC1. The Morgan fingerprint density at radius 3 is 2.48 bits per heavy atom. The van der Waals surface area contributed by atoms with Crippen LogP contribution < -0.4 is 0 Å². The van der Waals surface area contributed by atoms with Crippen molar-refractivity contribution in [1.82, 2.24) is 4.90 Å². The maximum absolute atomic E-state index is 12.7. The fourth-order valence-corrected chi connectivity index (χ4v) is 2.82. The van der Waals surface area contributed by atoms with Crippen LogP contribution in [0.5, 0.6) is 0 Å². The van der Waals surface area contributed by atoms with Crippen LogP contribution in [0.3, 0.4) is 0 Å². The molecule has 1 heterocycles. The molecular formula is C14H15BrF3NO2. The summed E-state index contributed by atoms with van der Waals surface area (Å²) >= 11 is 3.27. The molecule has 0 spiro atoms. The van der Waals surface area contributed by atoms with E-state index in [-0.39, 0.29) is 5.92 Å². The van der Waals surface area contributed by atoms with Crippen molar-refractivity contribution >= 4 is 21.9 Å². The van der Waals surface area contributed by atoms with E-state index in [1.165, 1.54) is 6.07 Å². The number of hydrogen-bond donors (Lipinski definition) is 1. The Hall–Kier alpha value is -1.08. The number of halogens is 4. The van der Waals surface area contributed by atoms with Gasteiger partial charge in [0, 0.05) is 11.0 Å². The van der Waals surface area contributed by atoms with E-state index in [4.69, 9.17) is 5.11 Å². The Morgan fingerprint density at radius 1 is 1.33 bits per heavy atom. The highest BCUT2D eigenvalue weighted by molar-refractivity contribution is 9.10. The first-order chi connectivity index (χ1) is 9.77. The minimum Gasteiger partial charge on any atom is -0.481 e. The summed E-state index contributed by atoms with van der Waals surface area (Å²) in [5.74, 6) is -1.14. The van der Waals surface area contributed by atoms with Gasteiger partial charge in [-0.3, -0.25) is 9.69 Å². The zero-order valence-corrected chi connectivity index (χ0v) is 12.7. The van der Waals surface area contributed by atoms with Gasteiger partial charge in [0.05, 0.1) is 11.5 Å². The Bertz CT molecular complexity index is 525. The number of benzene rings is 1. The lowest BCUT2D eigenvalue weighted by Crippen LogP contribution is -2.35. The van der Waals surface area contributed by atoms with Gasteiger partial charge in [-0.25, -0.2) is 0 Å². The molecule has 1 aromatic carbocycles. The highest BCUT2D eigenvalue weighted by Crippen LogP contribution is 2.32. The van der Waals surface area contributed by atoms with Crippen LogP contribution in [0, 0.1) is 5.92 Å². The zero-order chi connectivity index (χ0) is 15.6. The van der Waals surface area contributed by atoms with Crippen LogP contribution in [-0.2, 0) is 17.5 Å². The molecule has 0 radical (unpaired) electrons. The third-order valence-electron chi connectivity index (χ3n) is 3.70. The van der Waals surface area contributed by atoms with Gasteiger partial charge in [-0.1, -0.05) is 15.9 Å². The van der Waals surface area contributed by atoms with E-state index >= 15 is 0 Å². The fraction of sp³-hybridized carbons (Fsp3) is 0.500. The van der Waals surface area contributed by atoms with Crippen LogP contribution >= 0.6 is 15.9 Å². The Balaban J connectivity index is 2.05. The molecule has 0 unspecified atom stereocenters. The topological polar surface area (TPSA) is 40.5 Å². The van der Waals surface area contributed by atoms with Crippen molar-refractivity contribution in [2.45, 2.75) is 25.6 Å². The second-order valence-corrected chi connectivity index (χ2v) is 6.05. The number of rotatable bonds is 3. The van der Waals surface area contributed by atoms with E-state index < -0.39 is 17.7 Å². The van der Waals surface area contributed by atoms with Crippen molar-refractivity contribution in [2.24, 2.45) is 5.92 Å². The van der Waals surface area contributed by atoms with Crippen molar-refractivity contribution in [3.8, 4) is 0 Å².